The maximum absolute atomic E-state index is 5.84. The van der Waals surface area contributed by atoms with Crippen molar-refractivity contribution in [1.29, 1.82) is 0 Å². The number of fused-ring (bicyclic) bond motifs is 1. The zero-order chi connectivity index (χ0) is 14.8. The molecule has 3 aromatic rings. The first-order valence-electron chi connectivity index (χ1n) is 7.19. The zero-order valence-electron chi connectivity index (χ0n) is 12.6. The van der Waals surface area contributed by atoms with Gasteiger partial charge >= 0.3 is 0 Å². The fourth-order valence-electron chi connectivity index (χ4n) is 2.24. The van der Waals surface area contributed by atoms with Gasteiger partial charge in [-0.15, -0.1) is 0 Å². The van der Waals surface area contributed by atoms with Crippen LogP contribution in [-0.4, -0.2) is 16.0 Å². The molecule has 3 rings (SSSR count). The number of benzene rings is 1. The average Bonchev–Trinajstić information content (AvgIpc) is 2.88. The van der Waals surface area contributed by atoms with Crippen molar-refractivity contribution in [2.24, 2.45) is 0 Å². The van der Waals surface area contributed by atoms with Crippen LogP contribution in [0.2, 0.25) is 0 Å². The molecule has 0 amide bonds. The lowest BCUT2D eigenvalue weighted by molar-refractivity contribution is 0.578. The van der Waals surface area contributed by atoms with Crippen LogP contribution in [0.4, 0.5) is 0 Å². The van der Waals surface area contributed by atoms with Crippen LogP contribution in [0.1, 0.15) is 25.2 Å². The Labute approximate surface area is 124 Å². The number of hydrogen-bond acceptors (Lipinski definition) is 4. The molecule has 2 heterocycles. The first kappa shape index (κ1) is 13.8. The molecule has 0 aliphatic heterocycles. The van der Waals surface area contributed by atoms with Gasteiger partial charge in [0.2, 0.25) is 0 Å². The third-order valence-corrected chi connectivity index (χ3v) is 3.24. The second-order valence-corrected chi connectivity index (χ2v) is 5.51. The van der Waals surface area contributed by atoms with Crippen LogP contribution in [0, 0.1) is 6.92 Å². The highest BCUT2D eigenvalue weighted by molar-refractivity contribution is 5.81. The van der Waals surface area contributed by atoms with Crippen molar-refractivity contribution in [3.05, 3.63) is 47.8 Å². The lowest BCUT2D eigenvalue weighted by Crippen LogP contribution is -2.22. The van der Waals surface area contributed by atoms with Gasteiger partial charge in [-0.2, -0.15) is 0 Å². The van der Waals surface area contributed by atoms with Gasteiger partial charge in [0, 0.05) is 23.7 Å². The van der Waals surface area contributed by atoms with Crippen molar-refractivity contribution < 1.29 is 4.42 Å². The summed E-state index contributed by atoms with van der Waals surface area (Å²) in [6.45, 7) is 6.95. The Morgan fingerprint density at radius 1 is 1.14 bits per heavy atom. The minimum absolute atomic E-state index is 0.426. The zero-order valence-corrected chi connectivity index (χ0v) is 12.6. The first-order valence-corrected chi connectivity index (χ1v) is 7.19. The van der Waals surface area contributed by atoms with E-state index < -0.39 is 0 Å². The lowest BCUT2D eigenvalue weighted by atomic mass is 10.2. The van der Waals surface area contributed by atoms with E-state index in [9.17, 15) is 0 Å². The van der Waals surface area contributed by atoms with Crippen molar-refractivity contribution in [3.63, 3.8) is 0 Å². The molecule has 0 atom stereocenters. The number of aryl methyl sites for hydroxylation is 1. The van der Waals surface area contributed by atoms with Crippen molar-refractivity contribution in [3.8, 4) is 11.6 Å². The maximum Gasteiger partial charge on any atom is 0.196 e. The molecule has 0 aliphatic carbocycles. The third kappa shape index (κ3) is 3.11. The van der Waals surface area contributed by atoms with Crippen LogP contribution in [0.25, 0.3) is 22.6 Å². The molecule has 2 aromatic heterocycles. The topological polar surface area (TPSA) is 51.0 Å². The number of hydrogen-bond donors (Lipinski definition) is 1. The number of furan rings is 1. The van der Waals surface area contributed by atoms with E-state index in [2.05, 4.69) is 29.1 Å². The Hall–Kier alpha value is -2.20. The van der Waals surface area contributed by atoms with Gasteiger partial charge in [0.25, 0.3) is 0 Å². The number of aromatic nitrogens is 2. The molecule has 21 heavy (non-hydrogen) atoms. The minimum Gasteiger partial charge on any atom is -0.453 e. The molecular weight excluding hydrogens is 262 g/mol. The molecule has 1 aromatic carbocycles. The van der Waals surface area contributed by atoms with Gasteiger partial charge < -0.3 is 9.73 Å². The number of rotatable bonds is 4. The third-order valence-electron chi connectivity index (χ3n) is 3.24. The van der Waals surface area contributed by atoms with E-state index in [1.807, 2.05) is 43.3 Å². The van der Waals surface area contributed by atoms with E-state index in [1.165, 1.54) is 0 Å². The Balaban J connectivity index is 1.97. The monoisotopic (exact) mass is 281 g/mol. The van der Waals surface area contributed by atoms with Crippen LogP contribution in [0.15, 0.2) is 40.8 Å². The van der Waals surface area contributed by atoms with Crippen LogP contribution >= 0.6 is 0 Å². The van der Waals surface area contributed by atoms with E-state index in [0.717, 1.165) is 28.9 Å². The molecule has 0 saturated carbocycles. The summed E-state index contributed by atoms with van der Waals surface area (Å²) in [5, 5.41) is 4.44. The van der Waals surface area contributed by atoms with Gasteiger partial charge in [0.1, 0.15) is 5.58 Å². The van der Waals surface area contributed by atoms with E-state index >= 15 is 0 Å². The van der Waals surface area contributed by atoms with Gasteiger partial charge in [0.15, 0.2) is 11.6 Å². The first-order chi connectivity index (χ1) is 10.1. The maximum atomic E-state index is 5.84. The summed E-state index contributed by atoms with van der Waals surface area (Å²) in [5.74, 6) is 1.36. The van der Waals surface area contributed by atoms with Crippen molar-refractivity contribution >= 4 is 11.0 Å². The molecule has 0 saturated heterocycles. The van der Waals surface area contributed by atoms with Gasteiger partial charge in [0.05, 0.1) is 5.69 Å². The van der Waals surface area contributed by atoms with E-state index in [0.29, 0.717) is 17.6 Å². The summed E-state index contributed by atoms with van der Waals surface area (Å²) in [7, 11) is 0. The summed E-state index contributed by atoms with van der Waals surface area (Å²) in [6.07, 6.45) is 0. The molecule has 0 unspecified atom stereocenters. The standard InChI is InChI=1S/C17H19N3O/c1-11(2)18-10-14-8-12(3)19-17(20-14)16-9-13-6-4-5-7-15(13)21-16/h4-9,11,18H,10H2,1-3H3. The Kier molecular flexibility index (Phi) is 3.71. The molecule has 1 N–H and O–H groups in total. The number of para-hydroxylation sites is 1. The molecule has 4 heteroatoms. The summed E-state index contributed by atoms with van der Waals surface area (Å²) >= 11 is 0. The van der Waals surface area contributed by atoms with E-state index in [4.69, 9.17) is 4.42 Å². The Bertz CT molecular complexity index is 729. The molecular formula is C17H19N3O. The fourth-order valence-corrected chi connectivity index (χ4v) is 2.24. The molecule has 4 nitrogen and oxygen atoms in total. The van der Waals surface area contributed by atoms with Crippen LogP contribution in [0.5, 0.6) is 0 Å². The van der Waals surface area contributed by atoms with Crippen molar-refractivity contribution in [2.75, 3.05) is 0 Å². The van der Waals surface area contributed by atoms with Gasteiger partial charge in [-0.05, 0) is 25.1 Å². The minimum atomic E-state index is 0.426. The van der Waals surface area contributed by atoms with Gasteiger partial charge in [-0.25, -0.2) is 9.97 Å². The molecule has 0 bridgehead atoms. The van der Waals surface area contributed by atoms with Crippen molar-refractivity contribution in [1.82, 2.24) is 15.3 Å². The number of nitrogens with one attached hydrogen (secondary N) is 1. The summed E-state index contributed by atoms with van der Waals surface area (Å²) in [4.78, 5) is 9.10. The average molecular weight is 281 g/mol. The Morgan fingerprint density at radius 3 is 2.71 bits per heavy atom. The van der Waals surface area contributed by atoms with E-state index in [-0.39, 0.29) is 0 Å². The largest absolute Gasteiger partial charge is 0.453 e. The molecule has 108 valence electrons. The molecule has 0 aliphatic rings. The van der Waals surface area contributed by atoms with Gasteiger partial charge in [-0.1, -0.05) is 32.0 Å². The summed E-state index contributed by atoms with van der Waals surface area (Å²) < 4.78 is 5.84. The van der Waals surface area contributed by atoms with E-state index in [1.54, 1.807) is 0 Å². The van der Waals surface area contributed by atoms with Crippen molar-refractivity contribution in [2.45, 2.75) is 33.4 Å². The SMILES string of the molecule is Cc1cc(CNC(C)C)nc(-c2cc3ccccc3o2)n1. The highest BCUT2D eigenvalue weighted by Gasteiger charge is 2.10. The highest BCUT2D eigenvalue weighted by atomic mass is 16.3. The van der Waals surface area contributed by atoms with Crippen LogP contribution < -0.4 is 5.32 Å². The predicted octanol–water partition coefficient (Wildman–Crippen LogP) is 3.70. The lowest BCUT2D eigenvalue weighted by Gasteiger charge is -2.08. The Morgan fingerprint density at radius 2 is 1.95 bits per heavy atom. The fraction of sp³-hybridized carbons (Fsp3) is 0.294. The second-order valence-electron chi connectivity index (χ2n) is 5.51. The quantitative estimate of drug-likeness (QED) is 0.792. The van der Waals surface area contributed by atoms with Crippen LogP contribution in [0.3, 0.4) is 0 Å². The summed E-state index contributed by atoms with van der Waals surface area (Å²) in [6, 6.07) is 12.4. The predicted molar refractivity (Wildman–Crippen MR) is 84.0 cm³/mol. The second kappa shape index (κ2) is 5.66. The molecule has 0 spiro atoms. The number of nitrogens with zero attached hydrogens (tertiary/aromatic N) is 2. The van der Waals surface area contributed by atoms with Gasteiger partial charge in [-0.3, -0.25) is 0 Å². The van der Waals surface area contributed by atoms with Crippen LogP contribution in [-0.2, 0) is 6.54 Å². The summed E-state index contributed by atoms with van der Waals surface area (Å²) in [5.41, 5.74) is 2.78. The normalized spacial score (nSPS) is 11.4. The molecule has 0 radical (unpaired) electrons. The molecule has 0 fully saturated rings. The smallest absolute Gasteiger partial charge is 0.196 e. The highest BCUT2D eigenvalue weighted by Crippen LogP contribution is 2.25.